The van der Waals surface area contributed by atoms with Crippen molar-refractivity contribution in [2.24, 2.45) is 0 Å². The molecule has 1 heterocycles. The highest BCUT2D eigenvalue weighted by Gasteiger charge is 2.15. The first-order valence-electron chi connectivity index (χ1n) is 5.99. The molecule has 2 rings (SSSR count). The van der Waals surface area contributed by atoms with Gasteiger partial charge in [0.25, 0.3) is 5.91 Å². The number of ether oxygens (including phenoxy) is 2. The van der Waals surface area contributed by atoms with Gasteiger partial charge >= 0.3 is 0 Å². The third-order valence-electron chi connectivity index (χ3n) is 2.86. The largest absolute Gasteiger partial charge is 0.382 e. The molecule has 0 aliphatic carbocycles. The minimum atomic E-state index is -0.226. The number of benzene rings is 1. The highest BCUT2D eigenvalue weighted by atomic mass is 16.5. The van der Waals surface area contributed by atoms with Gasteiger partial charge in [-0.2, -0.15) is 5.10 Å². The highest BCUT2D eigenvalue weighted by Crippen LogP contribution is 2.14. The Morgan fingerprint density at radius 2 is 2.21 bits per heavy atom. The summed E-state index contributed by atoms with van der Waals surface area (Å²) < 4.78 is 10.2. The molecule has 0 bridgehead atoms. The van der Waals surface area contributed by atoms with Crippen molar-refractivity contribution >= 4 is 16.8 Å². The molecule has 6 nitrogen and oxygen atoms in total. The number of carbonyl (C=O) groups is 1. The van der Waals surface area contributed by atoms with E-state index in [1.54, 1.807) is 14.2 Å². The maximum atomic E-state index is 12.1. The van der Waals surface area contributed by atoms with Crippen molar-refractivity contribution in [1.82, 2.24) is 15.5 Å². The van der Waals surface area contributed by atoms with Crippen LogP contribution in [0.2, 0.25) is 0 Å². The van der Waals surface area contributed by atoms with Gasteiger partial charge in [0.05, 0.1) is 18.2 Å². The summed E-state index contributed by atoms with van der Waals surface area (Å²) in [5.74, 6) is -0.226. The second-order valence-corrected chi connectivity index (χ2v) is 4.14. The molecule has 1 aromatic heterocycles. The number of H-pyrrole nitrogens is 1. The number of para-hydroxylation sites is 1. The number of hydrogen-bond acceptors (Lipinski definition) is 4. The second kappa shape index (κ2) is 6.31. The van der Waals surface area contributed by atoms with Crippen molar-refractivity contribution in [1.29, 1.82) is 0 Å². The molecule has 1 amide bonds. The predicted molar refractivity (Wildman–Crippen MR) is 71.1 cm³/mol. The SMILES string of the molecule is COCC(CNC(=O)c1n[nH]c2ccccc12)OC. The van der Waals surface area contributed by atoms with E-state index < -0.39 is 0 Å². The van der Waals surface area contributed by atoms with E-state index in [9.17, 15) is 4.79 Å². The average molecular weight is 263 g/mol. The van der Waals surface area contributed by atoms with Gasteiger partial charge in [-0.25, -0.2) is 0 Å². The molecule has 1 aromatic carbocycles. The van der Waals surface area contributed by atoms with E-state index in [0.29, 0.717) is 18.8 Å². The topological polar surface area (TPSA) is 76.2 Å². The molecule has 19 heavy (non-hydrogen) atoms. The van der Waals surface area contributed by atoms with Crippen molar-refractivity contribution < 1.29 is 14.3 Å². The fourth-order valence-corrected chi connectivity index (χ4v) is 1.82. The fourth-order valence-electron chi connectivity index (χ4n) is 1.82. The Balaban J connectivity index is 2.04. The lowest BCUT2D eigenvalue weighted by molar-refractivity contribution is 0.0285. The van der Waals surface area contributed by atoms with Gasteiger partial charge in [-0.3, -0.25) is 9.89 Å². The van der Waals surface area contributed by atoms with Crippen LogP contribution in [0.25, 0.3) is 10.9 Å². The number of nitrogens with one attached hydrogen (secondary N) is 2. The predicted octanol–water partition coefficient (Wildman–Crippen LogP) is 0.954. The third kappa shape index (κ3) is 3.10. The molecule has 1 unspecified atom stereocenters. The van der Waals surface area contributed by atoms with Gasteiger partial charge in [-0.05, 0) is 6.07 Å². The molecule has 0 aliphatic heterocycles. The zero-order valence-electron chi connectivity index (χ0n) is 11.0. The minimum absolute atomic E-state index is 0.167. The van der Waals surface area contributed by atoms with Crippen LogP contribution in [0.4, 0.5) is 0 Å². The van der Waals surface area contributed by atoms with E-state index >= 15 is 0 Å². The van der Waals surface area contributed by atoms with E-state index in [1.807, 2.05) is 24.3 Å². The molecule has 102 valence electrons. The highest BCUT2D eigenvalue weighted by molar-refractivity contribution is 6.04. The van der Waals surface area contributed by atoms with E-state index in [2.05, 4.69) is 15.5 Å². The molecule has 6 heteroatoms. The maximum Gasteiger partial charge on any atom is 0.272 e. The van der Waals surface area contributed by atoms with Gasteiger partial charge in [-0.1, -0.05) is 18.2 Å². The number of fused-ring (bicyclic) bond motifs is 1. The molecule has 2 aromatic rings. The van der Waals surface area contributed by atoms with Crippen LogP contribution in [0.3, 0.4) is 0 Å². The van der Waals surface area contributed by atoms with Gasteiger partial charge < -0.3 is 14.8 Å². The van der Waals surface area contributed by atoms with Crippen LogP contribution < -0.4 is 5.32 Å². The summed E-state index contributed by atoms with van der Waals surface area (Å²) in [6.07, 6.45) is -0.167. The second-order valence-electron chi connectivity index (χ2n) is 4.14. The average Bonchev–Trinajstić information content (AvgIpc) is 2.87. The minimum Gasteiger partial charge on any atom is -0.382 e. The molecule has 0 spiro atoms. The van der Waals surface area contributed by atoms with E-state index in [0.717, 1.165) is 10.9 Å². The van der Waals surface area contributed by atoms with Crippen molar-refractivity contribution in [3.8, 4) is 0 Å². The van der Waals surface area contributed by atoms with Gasteiger partial charge in [0.1, 0.15) is 0 Å². The number of aromatic amines is 1. The molecule has 0 saturated heterocycles. The van der Waals surface area contributed by atoms with Crippen LogP contribution in [-0.2, 0) is 9.47 Å². The van der Waals surface area contributed by atoms with E-state index in [-0.39, 0.29) is 12.0 Å². The lowest BCUT2D eigenvalue weighted by Gasteiger charge is -2.14. The molecule has 2 N–H and O–H groups in total. The van der Waals surface area contributed by atoms with Crippen LogP contribution in [0, 0.1) is 0 Å². The maximum absolute atomic E-state index is 12.1. The summed E-state index contributed by atoms with van der Waals surface area (Å²) in [5.41, 5.74) is 1.23. The number of carbonyl (C=O) groups excluding carboxylic acids is 1. The fraction of sp³-hybridized carbons (Fsp3) is 0.385. The zero-order chi connectivity index (χ0) is 13.7. The number of rotatable bonds is 6. The first-order chi connectivity index (χ1) is 9.26. The summed E-state index contributed by atoms with van der Waals surface area (Å²) in [4.78, 5) is 12.1. The van der Waals surface area contributed by atoms with Crippen LogP contribution in [0.15, 0.2) is 24.3 Å². The Kier molecular flexibility index (Phi) is 4.48. The van der Waals surface area contributed by atoms with Crippen LogP contribution in [0.5, 0.6) is 0 Å². The van der Waals surface area contributed by atoms with Gasteiger partial charge in [0, 0.05) is 26.2 Å². The van der Waals surface area contributed by atoms with Gasteiger partial charge in [-0.15, -0.1) is 0 Å². The standard InChI is InChI=1S/C13H17N3O3/c1-18-8-9(19-2)7-14-13(17)12-10-5-3-4-6-11(10)15-16-12/h3-6,9H,7-8H2,1-2H3,(H,14,17)(H,15,16). The van der Waals surface area contributed by atoms with E-state index in [1.165, 1.54) is 0 Å². The summed E-state index contributed by atoms with van der Waals surface area (Å²) >= 11 is 0. The summed E-state index contributed by atoms with van der Waals surface area (Å²) in [6.45, 7) is 0.808. The molecule has 0 fully saturated rings. The quantitative estimate of drug-likeness (QED) is 0.813. The monoisotopic (exact) mass is 263 g/mol. The number of amides is 1. The summed E-state index contributed by atoms with van der Waals surface area (Å²) in [7, 11) is 3.18. The Morgan fingerprint density at radius 3 is 2.95 bits per heavy atom. The molecule has 1 atom stereocenters. The molecule has 0 radical (unpaired) electrons. The number of nitrogens with zero attached hydrogens (tertiary/aromatic N) is 1. The molecule has 0 saturated carbocycles. The lowest BCUT2D eigenvalue weighted by atomic mass is 10.2. The van der Waals surface area contributed by atoms with E-state index in [4.69, 9.17) is 9.47 Å². The number of hydrogen-bond donors (Lipinski definition) is 2. The van der Waals surface area contributed by atoms with Crippen LogP contribution in [-0.4, -0.2) is 49.6 Å². The Bertz CT molecular complexity index is 553. The smallest absolute Gasteiger partial charge is 0.272 e. The third-order valence-corrected chi connectivity index (χ3v) is 2.86. The van der Waals surface area contributed by atoms with Crippen molar-refractivity contribution in [2.45, 2.75) is 6.10 Å². The Labute approximate surface area is 111 Å². The molecule has 0 aliphatic rings. The Hall–Kier alpha value is -1.92. The van der Waals surface area contributed by atoms with Crippen molar-refractivity contribution in [3.05, 3.63) is 30.0 Å². The first-order valence-corrected chi connectivity index (χ1v) is 5.99. The van der Waals surface area contributed by atoms with Crippen molar-refractivity contribution in [2.75, 3.05) is 27.4 Å². The van der Waals surface area contributed by atoms with Gasteiger partial charge in [0.15, 0.2) is 5.69 Å². The normalized spacial score (nSPS) is 12.5. The summed E-state index contributed by atoms with van der Waals surface area (Å²) in [6, 6.07) is 7.50. The molecular formula is C13H17N3O3. The number of methoxy groups -OCH3 is 2. The van der Waals surface area contributed by atoms with Crippen LogP contribution in [0.1, 0.15) is 10.5 Å². The number of aromatic nitrogens is 2. The molecular weight excluding hydrogens is 246 g/mol. The zero-order valence-corrected chi connectivity index (χ0v) is 11.0. The van der Waals surface area contributed by atoms with Gasteiger partial charge in [0.2, 0.25) is 0 Å². The summed E-state index contributed by atoms with van der Waals surface area (Å²) in [5, 5.41) is 10.5. The van der Waals surface area contributed by atoms with Crippen LogP contribution >= 0.6 is 0 Å². The Morgan fingerprint density at radius 1 is 1.42 bits per heavy atom. The lowest BCUT2D eigenvalue weighted by Crippen LogP contribution is -2.35. The first kappa shape index (κ1) is 13.5. The van der Waals surface area contributed by atoms with Crippen molar-refractivity contribution in [3.63, 3.8) is 0 Å².